The second-order valence-corrected chi connectivity index (χ2v) is 7.07. The predicted octanol–water partition coefficient (Wildman–Crippen LogP) is 3.43. The fourth-order valence-corrected chi connectivity index (χ4v) is 3.29. The van der Waals surface area contributed by atoms with Crippen LogP contribution in [-0.4, -0.2) is 43.5 Å². The molecule has 3 rings (SSSR count). The van der Waals surface area contributed by atoms with Crippen LogP contribution in [0.3, 0.4) is 0 Å². The second-order valence-electron chi connectivity index (χ2n) is 6.16. The number of amides is 1. The molecular formula is C19H23BrN4O. The van der Waals surface area contributed by atoms with E-state index in [2.05, 4.69) is 38.0 Å². The van der Waals surface area contributed by atoms with Crippen molar-refractivity contribution in [1.82, 2.24) is 4.90 Å². The maximum Gasteiger partial charge on any atom is 0.255 e. The van der Waals surface area contributed by atoms with E-state index in [1.54, 1.807) is 12.1 Å². The van der Waals surface area contributed by atoms with Crippen LogP contribution in [0.4, 0.5) is 17.1 Å². The first-order valence-corrected chi connectivity index (χ1v) is 9.30. The summed E-state index contributed by atoms with van der Waals surface area (Å²) in [6.45, 7) is 7.33. The molecule has 5 nitrogen and oxygen atoms in total. The fourth-order valence-electron chi connectivity index (χ4n) is 3.03. The smallest absolute Gasteiger partial charge is 0.255 e. The van der Waals surface area contributed by atoms with Crippen LogP contribution in [0.25, 0.3) is 0 Å². The number of nitrogens with two attached hydrogens (primary N) is 1. The highest BCUT2D eigenvalue weighted by molar-refractivity contribution is 9.10. The van der Waals surface area contributed by atoms with Gasteiger partial charge in [0.1, 0.15) is 0 Å². The highest BCUT2D eigenvalue weighted by Crippen LogP contribution is 2.27. The van der Waals surface area contributed by atoms with Crippen LogP contribution < -0.4 is 16.0 Å². The summed E-state index contributed by atoms with van der Waals surface area (Å²) in [6.07, 6.45) is 0. The Morgan fingerprint density at radius 2 is 1.80 bits per heavy atom. The average molecular weight is 403 g/mol. The van der Waals surface area contributed by atoms with Crippen LogP contribution in [0.5, 0.6) is 0 Å². The maximum atomic E-state index is 12.3. The van der Waals surface area contributed by atoms with Gasteiger partial charge in [0.25, 0.3) is 5.91 Å². The zero-order valence-corrected chi connectivity index (χ0v) is 15.9. The van der Waals surface area contributed by atoms with Gasteiger partial charge < -0.3 is 20.9 Å². The summed E-state index contributed by atoms with van der Waals surface area (Å²) in [7, 11) is 0. The number of hydrogen-bond donors (Lipinski definition) is 2. The summed E-state index contributed by atoms with van der Waals surface area (Å²) in [4.78, 5) is 17.0. The number of benzene rings is 2. The van der Waals surface area contributed by atoms with Crippen LogP contribution in [-0.2, 0) is 0 Å². The van der Waals surface area contributed by atoms with Gasteiger partial charge in [0.05, 0.1) is 11.4 Å². The summed E-state index contributed by atoms with van der Waals surface area (Å²) in [5, 5.41) is 2.90. The third-order valence-corrected chi connectivity index (χ3v) is 5.08. The number of nitrogen functional groups attached to an aromatic ring is 1. The topological polar surface area (TPSA) is 61.6 Å². The van der Waals surface area contributed by atoms with Gasteiger partial charge in [-0.25, -0.2) is 0 Å². The van der Waals surface area contributed by atoms with Crippen LogP contribution in [0, 0.1) is 0 Å². The van der Waals surface area contributed by atoms with Crippen molar-refractivity contribution in [3.8, 4) is 0 Å². The van der Waals surface area contributed by atoms with Crippen LogP contribution in [0.15, 0.2) is 46.9 Å². The molecule has 1 aliphatic heterocycles. The van der Waals surface area contributed by atoms with E-state index < -0.39 is 0 Å². The lowest BCUT2D eigenvalue weighted by Crippen LogP contribution is -2.46. The molecule has 2 aromatic carbocycles. The number of rotatable bonds is 4. The van der Waals surface area contributed by atoms with Crippen molar-refractivity contribution in [2.24, 2.45) is 0 Å². The number of likely N-dealkylation sites (N-methyl/N-ethyl adjacent to an activating group) is 1. The maximum absolute atomic E-state index is 12.3. The third-order valence-electron chi connectivity index (χ3n) is 4.55. The van der Waals surface area contributed by atoms with Gasteiger partial charge in [-0.1, -0.05) is 22.9 Å². The van der Waals surface area contributed by atoms with Crippen molar-refractivity contribution in [2.75, 3.05) is 48.7 Å². The number of nitrogens with one attached hydrogen (secondary N) is 1. The minimum absolute atomic E-state index is 0.142. The number of halogens is 1. The molecule has 1 saturated heterocycles. The molecule has 0 bridgehead atoms. The largest absolute Gasteiger partial charge is 0.397 e. The fraction of sp³-hybridized carbons (Fsp3) is 0.316. The number of piperazine rings is 1. The molecule has 0 aromatic heterocycles. The van der Waals surface area contributed by atoms with E-state index in [-0.39, 0.29) is 5.91 Å². The van der Waals surface area contributed by atoms with Crippen LogP contribution >= 0.6 is 15.9 Å². The number of carbonyl (C=O) groups is 1. The molecule has 132 valence electrons. The predicted molar refractivity (Wildman–Crippen MR) is 107 cm³/mol. The Balaban J connectivity index is 1.67. The molecule has 1 aliphatic rings. The van der Waals surface area contributed by atoms with Crippen molar-refractivity contribution in [3.05, 3.63) is 52.5 Å². The van der Waals surface area contributed by atoms with E-state index >= 15 is 0 Å². The molecule has 2 aromatic rings. The first kappa shape index (κ1) is 17.8. The Bertz CT molecular complexity index is 740. The molecule has 6 heteroatoms. The van der Waals surface area contributed by atoms with Crippen molar-refractivity contribution in [3.63, 3.8) is 0 Å². The van der Waals surface area contributed by atoms with E-state index in [4.69, 9.17) is 5.73 Å². The first-order chi connectivity index (χ1) is 12.1. The van der Waals surface area contributed by atoms with Gasteiger partial charge in [0.2, 0.25) is 0 Å². The van der Waals surface area contributed by atoms with E-state index in [9.17, 15) is 4.79 Å². The molecule has 3 N–H and O–H groups in total. The van der Waals surface area contributed by atoms with Gasteiger partial charge in [-0.3, -0.25) is 4.79 Å². The Morgan fingerprint density at radius 3 is 2.40 bits per heavy atom. The van der Waals surface area contributed by atoms with E-state index in [0.717, 1.165) is 42.9 Å². The number of nitrogens with zero attached hydrogens (tertiary/aromatic N) is 2. The SMILES string of the molecule is CCN1CCN(c2ccc(NC(=O)c3ccc(Br)cc3)cc2N)CC1. The van der Waals surface area contributed by atoms with Gasteiger partial charge in [0.15, 0.2) is 0 Å². The monoisotopic (exact) mass is 402 g/mol. The van der Waals surface area contributed by atoms with Gasteiger partial charge in [-0.2, -0.15) is 0 Å². The molecule has 0 atom stereocenters. The number of anilines is 3. The van der Waals surface area contributed by atoms with Crippen molar-refractivity contribution < 1.29 is 4.79 Å². The van der Waals surface area contributed by atoms with Crippen LogP contribution in [0.1, 0.15) is 17.3 Å². The Morgan fingerprint density at radius 1 is 1.12 bits per heavy atom. The zero-order valence-electron chi connectivity index (χ0n) is 14.3. The lowest BCUT2D eigenvalue weighted by molar-refractivity contribution is 0.102. The van der Waals surface area contributed by atoms with Crippen LogP contribution in [0.2, 0.25) is 0 Å². The minimum Gasteiger partial charge on any atom is -0.397 e. The van der Waals surface area contributed by atoms with E-state index in [1.165, 1.54) is 0 Å². The molecule has 0 aliphatic carbocycles. The normalized spacial score (nSPS) is 15.2. The highest BCUT2D eigenvalue weighted by Gasteiger charge is 2.18. The molecule has 0 unspecified atom stereocenters. The summed E-state index contributed by atoms with van der Waals surface area (Å²) in [6, 6.07) is 13.0. The highest BCUT2D eigenvalue weighted by atomic mass is 79.9. The molecule has 1 amide bonds. The zero-order chi connectivity index (χ0) is 17.8. The second kappa shape index (κ2) is 7.89. The summed E-state index contributed by atoms with van der Waals surface area (Å²) >= 11 is 3.37. The quantitative estimate of drug-likeness (QED) is 0.768. The lowest BCUT2D eigenvalue weighted by atomic mass is 10.1. The minimum atomic E-state index is -0.142. The standard InChI is InChI=1S/C19H23BrN4O/c1-2-23-9-11-24(12-10-23)18-8-7-16(13-17(18)21)22-19(25)14-3-5-15(20)6-4-14/h3-8,13H,2,9-12,21H2,1H3,(H,22,25). The van der Waals surface area contributed by atoms with Crippen molar-refractivity contribution in [1.29, 1.82) is 0 Å². The molecule has 0 saturated carbocycles. The Hall–Kier alpha value is -2.05. The summed E-state index contributed by atoms with van der Waals surface area (Å²) in [5.41, 5.74) is 9.30. The Labute approximate surface area is 156 Å². The number of hydrogen-bond acceptors (Lipinski definition) is 4. The van der Waals surface area contributed by atoms with Gasteiger partial charge in [-0.05, 0) is 49.0 Å². The summed E-state index contributed by atoms with van der Waals surface area (Å²) < 4.78 is 0.945. The molecule has 1 heterocycles. The first-order valence-electron chi connectivity index (χ1n) is 8.50. The van der Waals surface area contributed by atoms with E-state index in [0.29, 0.717) is 16.9 Å². The number of carbonyl (C=O) groups excluding carboxylic acids is 1. The van der Waals surface area contributed by atoms with Gasteiger partial charge in [-0.15, -0.1) is 0 Å². The molecule has 25 heavy (non-hydrogen) atoms. The molecule has 0 spiro atoms. The van der Waals surface area contributed by atoms with Crippen molar-refractivity contribution in [2.45, 2.75) is 6.92 Å². The van der Waals surface area contributed by atoms with Crippen molar-refractivity contribution >= 4 is 38.9 Å². The lowest BCUT2D eigenvalue weighted by Gasteiger charge is -2.36. The molecule has 1 fully saturated rings. The summed E-state index contributed by atoms with van der Waals surface area (Å²) in [5.74, 6) is -0.142. The average Bonchev–Trinajstić information content (AvgIpc) is 2.62. The third kappa shape index (κ3) is 4.32. The van der Waals surface area contributed by atoms with Gasteiger partial charge >= 0.3 is 0 Å². The molecule has 0 radical (unpaired) electrons. The van der Waals surface area contributed by atoms with E-state index in [1.807, 2.05) is 30.3 Å². The Kier molecular flexibility index (Phi) is 5.60. The van der Waals surface area contributed by atoms with Gasteiger partial charge in [0, 0.05) is 41.9 Å². The molecular weight excluding hydrogens is 380 g/mol.